The van der Waals surface area contributed by atoms with Crippen molar-refractivity contribution in [3.8, 4) is 0 Å². The maximum atomic E-state index is 3.97. The van der Waals surface area contributed by atoms with E-state index in [-0.39, 0.29) is 24.8 Å². The smallest absolute Gasteiger partial charge is 0.0529 e. The molecule has 102 valence electrons. The standard InChI is InChI=1S/C13H17IN2.2ClH/c1-2-13(16-9-7-15-8-10-16)11-3-5-12(14)6-4-11;;/h2-6,13,15H,1,7-10H2;2*1H/t13-;;/m0../s1. The molecule has 0 spiro atoms. The van der Waals surface area contributed by atoms with Gasteiger partial charge in [-0.1, -0.05) is 18.2 Å². The van der Waals surface area contributed by atoms with E-state index in [2.05, 4.69) is 63.7 Å². The van der Waals surface area contributed by atoms with Gasteiger partial charge in [-0.25, -0.2) is 0 Å². The average Bonchev–Trinajstić information content (AvgIpc) is 2.34. The van der Waals surface area contributed by atoms with Crippen molar-refractivity contribution in [3.63, 3.8) is 0 Å². The van der Waals surface area contributed by atoms with Gasteiger partial charge in [0, 0.05) is 29.7 Å². The summed E-state index contributed by atoms with van der Waals surface area (Å²) in [6, 6.07) is 9.09. The summed E-state index contributed by atoms with van der Waals surface area (Å²) in [5, 5.41) is 3.38. The first-order valence-corrected chi connectivity index (χ1v) is 6.72. The summed E-state index contributed by atoms with van der Waals surface area (Å²) in [6.07, 6.45) is 2.05. The summed E-state index contributed by atoms with van der Waals surface area (Å²) in [5.41, 5.74) is 1.34. The molecule has 1 aliphatic rings. The summed E-state index contributed by atoms with van der Waals surface area (Å²) in [6.45, 7) is 8.33. The van der Waals surface area contributed by atoms with Crippen molar-refractivity contribution in [2.75, 3.05) is 26.2 Å². The molecule has 1 heterocycles. The van der Waals surface area contributed by atoms with Crippen LogP contribution in [-0.2, 0) is 0 Å². The summed E-state index contributed by atoms with van der Waals surface area (Å²) in [7, 11) is 0. The van der Waals surface area contributed by atoms with Crippen LogP contribution in [0, 0.1) is 3.57 Å². The number of piperazine rings is 1. The molecule has 2 nitrogen and oxygen atoms in total. The zero-order valence-electron chi connectivity index (χ0n) is 10.1. The second kappa shape index (κ2) is 9.15. The van der Waals surface area contributed by atoms with Gasteiger partial charge in [-0.05, 0) is 40.3 Å². The van der Waals surface area contributed by atoms with Gasteiger partial charge in [-0.3, -0.25) is 4.90 Å². The lowest BCUT2D eigenvalue weighted by Gasteiger charge is -2.33. The Hall–Kier alpha value is 0.190. The molecule has 1 atom stereocenters. The number of hydrogen-bond acceptors (Lipinski definition) is 2. The first kappa shape index (κ1) is 18.2. The predicted octanol–water partition coefficient (Wildman–Crippen LogP) is 3.27. The third kappa shape index (κ3) is 4.70. The SMILES string of the molecule is C=C[C@@H](c1ccc(I)cc1)N1CCNCC1.Cl.Cl. The Labute approximate surface area is 135 Å². The van der Waals surface area contributed by atoms with Gasteiger partial charge in [0.25, 0.3) is 0 Å². The summed E-state index contributed by atoms with van der Waals surface area (Å²) >= 11 is 2.34. The zero-order chi connectivity index (χ0) is 11.4. The normalized spacial score (nSPS) is 17.2. The Bertz CT molecular complexity index is 351. The van der Waals surface area contributed by atoms with Gasteiger partial charge < -0.3 is 5.32 Å². The van der Waals surface area contributed by atoms with E-state index < -0.39 is 0 Å². The number of hydrogen-bond donors (Lipinski definition) is 1. The van der Waals surface area contributed by atoms with Crippen molar-refractivity contribution in [1.82, 2.24) is 10.2 Å². The molecular formula is C13H19Cl2IN2. The molecule has 0 unspecified atom stereocenters. The van der Waals surface area contributed by atoms with Crippen molar-refractivity contribution < 1.29 is 0 Å². The van der Waals surface area contributed by atoms with Gasteiger partial charge in [0.05, 0.1) is 6.04 Å². The van der Waals surface area contributed by atoms with E-state index in [0.29, 0.717) is 6.04 Å². The van der Waals surface area contributed by atoms with Crippen LogP contribution in [0.25, 0.3) is 0 Å². The highest BCUT2D eigenvalue weighted by Gasteiger charge is 2.18. The summed E-state index contributed by atoms with van der Waals surface area (Å²) in [4.78, 5) is 2.48. The van der Waals surface area contributed by atoms with Crippen LogP contribution < -0.4 is 5.32 Å². The highest BCUT2D eigenvalue weighted by atomic mass is 127. The lowest BCUT2D eigenvalue weighted by molar-refractivity contribution is 0.203. The largest absolute Gasteiger partial charge is 0.314 e. The fourth-order valence-corrected chi connectivity index (χ4v) is 2.48. The summed E-state index contributed by atoms with van der Waals surface area (Å²) in [5.74, 6) is 0. The van der Waals surface area contributed by atoms with E-state index in [9.17, 15) is 0 Å². The highest BCUT2D eigenvalue weighted by Crippen LogP contribution is 2.22. The van der Waals surface area contributed by atoms with Gasteiger partial charge in [0.1, 0.15) is 0 Å². The van der Waals surface area contributed by atoms with E-state index in [1.165, 1.54) is 9.13 Å². The topological polar surface area (TPSA) is 15.3 Å². The minimum atomic E-state index is 0. The molecule has 1 aliphatic heterocycles. The van der Waals surface area contributed by atoms with E-state index >= 15 is 0 Å². The van der Waals surface area contributed by atoms with E-state index in [4.69, 9.17) is 0 Å². The van der Waals surface area contributed by atoms with Gasteiger partial charge in [-0.2, -0.15) is 0 Å². The Morgan fingerprint density at radius 1 is 1.17 bits per heavy atom. The molecule has 2 rings (SSSR count). The van der Waals surface area contributed by atoms with Crippen LogP contribution >= 0.6 is 47.4 Å². The Balaban J connectivity index is 0.00000144. The Morgan fingerprint density at radius 2 is 1.72 bits per heavy atom. The highest BCUT2D eigenvalue weighted by molar-refractivity contribution is 14.1. The minimum Gasteiger partial charge on any atom is -0.314 e. The molecule has 1 saturated heterocycles. The molecule has 0 amide bonds. The molecule has 1 aromatic carbocycles. The van der Waals surface area contributed by atoms with Crippen molar-refractivity contribution in [1.29, 1.82) is 0 Å². The van der Waals surface area contributed by atoms with Gasteiger partial charge in [-0.15, -0.1) is 31.4 Å². The number of rotatable bonds is 3. The molecule has 0 saturated carbocycles. The zero-order valence-corrected chi connectivity index (χ0v) is 13.9. The molecule has 18 heavy (non-hydrogen) atoms. The molecule has 1 aromatic rings. The van der Waals surface area contributed by atoms with E-state index in [0.717, 1.165) is 26.2 Å². The lowest BCUT2D eigenvalue weighted by atomic mass is 10.0. The molecule has 0 radical (unpaired) electrons. The van der Waals surface area contributed by atoms with Crippen LogP contribution in [0.2, 0.25) is 0 Å². The third-order valence-electron chi connectivity index (χ3n) is 2.98. The van der Waals surface area contributed by atoms with Gasteiger partial charge in [0.2, 0.25) is 0 Å². The molecule has 0 aliphatic carbocycles. The first-order valence-electron chi connectivity index (χ1n) is 5.64. The first-order chi connectivity index (χ1) is 7.81. The van der Waals surface area contributed by atoms with E-state index in [1.54, 1.807) is 0 Å². The summed E-state index contributed by atoms with van der Waals surface area (Å²) < 4.78 is 1.28. The number of halogens is 3. The number of nitrogens with zero attached hydrogens (tertiary/aromatic N) is 1. The average molecular weight is 401 g/mol. The van der Waals surface area contributed by atoms with Gasteiger partial charge >= 0.3 is 0 Å². The number of nitrogens with one attached hydrogen (secondary N) is 1. The van der Waals surface area contributed by atoms with Crippen LogP contribution in [0.3, 0.4) is 0 Å². The van der Waals surface area contributed by atoms with Crippen LogP contribution in [0.15, 0.2) is 36.9 Å². The second-order valence-corrected chi connectivity index (χ2v) is 5.26. The molecule has 0 bridgehead atoms. The molecule has 1 N–H and O–H groups in total. The third-order valence-corrected chi connectivity index (χ3v) is 3.70. The molecule has 0 aromatic heterocycles. The fourth-order valence-electron chi connectivity index (χ4n) is 2.12. The van der Waals surface area contributed by atoms with E-state index in [1.807, 2.05) is 6.08 Å². The van der Waals surface area contributed by atoms with Crippen LogP contribution in [-0.4, -0.2) is 31.1 Å². The van der Waals surface area contributed by atoms with Crippen LogP contribution in [0.5, 0.6) is 0 Å². The van der Waals surface area contributed by atoms with Crippen molar-refractivity contribution in [3.05, 3.63) is 46.1 Å². The fraction of sp³-hybridized carbons (Fsp3) is 0.385. The molecular weight excluding hydrogens is 382 g/mol. The van der Waals surface area contributed by atoms with Crippen molar-refractivity contribution >= 4 is 47.4 Å². The molecule has 5 heteroatoms. The number of benzene rings is 1. The second-order valence-electron chi connectivity index (χ2n) is 4.02. The lowest BCUT2D eigenvalue weighted by Crippen LogP contribution is -2.44. The van der Waals surface area contributed by atoms with Crippen LogP contribution in [0.1, 0.15) is 11.6 Å². The van der Waals surface area contributed by atoms with Crippen molar-refractivity contribution in [2.45, 2.75) is 6.04 Å². The van der Waals surface area contributed by atoms with Crippen LogP contribution in [0.4, 0.5) is 0 Å². The molecule has 1 fully saturated rings. The Morgan fingerprint density at radius 3 is 2.22 bits per heavy atom. The maximum Gasteiger partial charge on any atom is 0.0529 e. The monoisotopic (exact) mass is 400 g/mol. The quantitative estimate of drug-likeness (QED) is 0.618. The van der Waals surface area contributed by atoms with Gasteiger partial charge in [0.15, 0.2) is 0 Å². The Kier molecular flexibility index (Phi) is 9.25. The predicted molar refractivity (Wildman–Crippen MR) is 91.0 cm³/mol. The van der Waals surface area contributed by atoms with Crippen molar-refractivity contribution in [2.24, 2.45) is 0 Å². The maximum absolute atomic E-state index is 3.97. The minimum absolute atomic E-state index is 0.